The SMILES string of the molecule is [C-]#[N+]c1ccc(Oc2cccc(OCCOC)c2)c(O)c1. The minimum absolute atomic E-state index is 0.0748. The van der Waals surface area contributed by atoms with Gasteiger partial charge in [-0.3, -0.25) is 0 Å². The molecule has 0 saturated heterocycles. The van der Waals surface area contributed by atoms with Crippen molar-refractivity contribution in [2.24, 2.45) is 0 Å². The van der Waals surface area contributed by atoms with Crippen LogP contribution in [-0.4, -0.2) is 25.4 Å². The first kappa shape index (κ1) is 14.7. The first-order chi connectivity index (χ1) is 10.2. The lowest BCUT2D eigenvalue weighted by Gasteiger charge is -2.10. The Hall–Kier alpha value is -2.71. The normalized spacial score (nSPS) is 9.90. The van der Waals surface area contributed by atoms with Gasteiger partial charge in [-0.05, 0) is 24.3 Å². The fourth-order valence-electron chi connectivity index (χ4n) is 1.66. The maximum absolute atomic E-state index is 9.81. The Kier molecular flexibility index (Phi) is 5.02. The first-order valence-corrected chi connectivity index (χ1v) is 6.33. The van der Waals surface area contributed by atoms with Gasteiger partial charge in [0.2, 0.25) is 0 Å². The van der Waals surface area contributed by atoms with E-state index in [1.807, 2.05) is 6.07 Å². The summed E-state index contributed by atoms with van der Waals surface area (Å²) in [5.41, 5.74) is 0.358. The molecular weight excluding hydrogens is 270 g/mol. The predicted octanol–water partition coefficient (Wildman–Crippen LogP) is 3.76. The van der Waals surface area contributed by atoms with Crippen molar-refractivity contribution >= 4 is 5.69 Å². The molecule has 0 spiro atoms. The highest BCUT2D eigenvalue weighted by atomic mass is 16.5. The summed E-state index contributed by atoms with van der Waals surface area (Å²) in [6.45, 7) is 7.84. The van der Waals surface area contributed by atoms with Gasteiger partial charge in [0.05, 0.1) is 13.2 Å². The highest BCUT2D eigenvalue weighted by molar-refractivity contribution is 5.55. The van der Waals surface area contributed by atoms with Gasteiger partial charge in [-0.2, -0.15) is 0 Å². The van der Waals surface area contributed by atoms with Crippen LogP contribution in [0.25, 0.3) is 4.85 Å². The van der Waals surface area contributed by atoms with E-state index in [1.54, 1.807) is 37.4 Å². The maximum atomic E-state index is 9.81. The third-order valence-electron chi connectivity index (χ3n) is 2.66. The van der Waals surface area contributed by atoms with Gasteiger partial charge in [0.15, 0.2) is 11.4 Å². The zero-order valence-electron chi connectivity index (χ0n) is 11.6. The third-order valence-corrected chi connectivity index (χ3v) is 2.66. The van der Waals surface area contributed by atoms with Crippen LogP contribution in [0, 0.1) is 6.57 Å². The molecule has 0 heterocycles. The number of hydrogen-bond acceptors (Lipinski definition) is 4. The average molecular weight is 285 g/mol. The van der Waals surface area contributed by atoms with Gasteiger partial charge in [-0.15, -0.1) is 0 Å². The molecule has 2 aromatic rings. The fraction of sp³-hybridized carbons (Fsp3) is 0.188. The van der Waals surface area contributed by atoms with E-state index in [-0.39, 0.29) is 11.5 Å². The van der Waals surface area contributed by atoms with E-state index in [4.69, 9.17) is 20.8 Å². The van der Waals surface area contributed by atoms with Crippen LogP contribution in [0.15, 0.2) is 42.5 Å². The molecule has 0 radical (unpaired) electrons. The van der Waals surface area contributed by atoms with E-state index in [9.17, 15) is 5.11 Å². The lowest BCUT2D eigenvalue weighted by molar-refractivity contribution is 0.146. The Morgan fingerprint density at radius 3 is 2.62 bits per heavy atom. The van der Waals surface area contributed by atoms with E-state index < -0.39 is 0 Å². The minimum atomic E-state index is -0.0748. The molecule has 1 N–H and O–H groups in total. The largest absolute Gasteiger partial charge is 0.505 e. The molecule has 21 heavy (non-hydrogen) atoms. The van der Waals surface area contributed by atoms with Gasteiger partial charge < -0.3 is 19.3 Å². The molecule has 5 nitrogen and oxygen atoms in total. The van der Waals surface area contributed by atoms with Crippen molar-refractivity contribution < 1.29 is 19.3 Å². The summed E-state index contributed by atoms with van der Waals surface area (Å²) in [4.78, 5) is 3.24. The number of phenols is 1. The number of aromatic hydroxyl groups is 1. The van der Waals surface area contributed by atoms with Crippen LogP contribution < -0.4 is 9.47 Å². The van der Waals surface area contributed by atoms with Crippen molar-refractivity contribution in [1.82, 2.24) is 0 Å². The van der Waals surface area contributed by atoms with E-state index in [0.29, 0.717) is 30.4 Å². The van der Waals surface area contributed by atoms with Gasteiger partial charge >= 0.3 is 0 Å². The van der Waals surface area contributed by atoms with Crippen molar-refractivity contribution in [1.29, 1.82) is 0 Å². The van der Waals surface area contributed by atoms with Crippen LogP contribution in [0.1, 0.15) is 0 Å². The molecule has 0 saturated carbocycles. The summed E-state index contributed by atoms with van der Waals surface area (Å²) in [6, 6.07) is 11.6. The topological polar surface area (TPSA) is 52.3 Å². The second-order valence-corrected chi connectivity index (χ2v) is 4.18. The molecule has 0 aliphatic carbocycles. The Labute approximate surface area is 123 Å². The molecular formula is C16H15NO4. The fourth-order valence-corrected chi connectivity index (χ4v) is 1.66. The quantitative estimate of drug-likeness (QED) is 0.648. The maximum Gasteiger partial charge on any atom is 0.191 e. The number of rotatable bonds is 6. The molecule has 5 heteroatoms. The lowest BCUT2D eigenvalue weighted by atomic mass is 10.2. The second-order valence-electron chi connectivity index (χ2n) is 4.18. The summed E-state index contributed by atoms with van der Waals surface area (Å²) in [7, 11) is 1.61. The van der Waals surface area contributed by atoms with Crippen molar-refractivity contribution in [2.45, 2.75) is 0 Å². The molecule has 0 aromatic heterocycles. The zero-order valence-corrected chi connectivity index (χ0v) is 11.6. The summed E-state index contributed by atoms with van der Waals surface area (Å²) in [5, 5.41) is 9.81. The van der Waals surface area contributed by atoms with E-state index in [0.717, 1.165) is 0 Å². The van der Waals surface area contributed by atoms with Crippen LogP contribution in [0.3, 0.4) is 0 Å². The summed E-state index contributed by atoms with van der Waals surface area (Å²) in [5.74, 6) is 1.41. The van der Waals surface area contributed by atoms with E-state index >= 15 is 0 Å². The van der Waals surface area contributed by atoms with Gasteiger partial charge in [0, 0.05) is 13.2 Å². The number of methoxy groups -OCH3 is 1. The molecule has 0 amide bonds. The summed E-state index contributed by atoms with van der Waals surface area (Å²) < 4.78 is 16.0. The third kappa shape index (κ3) is 4.13. The summed E-state index contributed by atoms with van der Waals surface area (Å²) >= 11 is 0. The average Bonchev–Trinajstić information content (AvgIpc) is 2.50. The van der Waals surface area contributed by atoms with Crippen LogP contribution in [0.5, 0.6) is 23.0 Å². The zero-order chi connectivity index (χ0) is 15.1. The smallest absolute Gasteiger partial charge is 0.191 e. The Morgan fingerprint density at radius 1 is 1.10 bits per heavy atom. The molecule has 2 aromatic carbocycles. The van der Waals surface area contributed by atoms with Crippen LogP contribution in [0.2, 0.25) is 0 Å². The van der Waals surface area contributed by atoms with E-state index in [2.05, 4.69) is 4.85 Å². The monoisotopic (exact) mass is 285 g/mol. The Bertz CT molecular complexity index is 649. The van der Waals surface area contributed by atoms with Gasteiger partial charge in [0.1, 0.15) is 23.9 Å². The molecule has 0 fully saturated rings. The molecule has 0 aliphatic heterocycles. The van der Waals surface area contributed by atoms with E-state index in [1.165, 1.54) is 6.07 Å². The number of benzene rings is 2. The van der Waals surface area contributed by atoms with Crippen LogP contribution >= 0.6 is 0 Å². The first-order valence-electron chi connectivity index (χ1n) is 6.33. The van der Waals surface area contributed by atoms with Crippen LogP contribution in [0.4, 0.5) is 5.69 Å². The standard InChI is InChI=1S/C16H15NO4/c1-17-12-6-7-16(15(18)10-12)21-14-5-3-4-13(11-14)20-9-8-19-2/h3-7,10-11,18H,8-9H2,2H3. The molecule has 2 rings (SSSR count). The molecule has 0 aliphatic rings. The Morgan fingerprint density at radius 2 is 1.90 bits per heavy atom. The van der Waals surface area contributed by atoms with Crippen molar-refractivity contribution in [2.75, 3.05) is 20.3 Å². The highest BCUT2D eigenvalue weighted by Gasteiger charge is 2.06. The molecule has 0 atom stereocenters. The minimum Gasteiger partial charge on any atom is -0.505 e. The van der Waals surface area contributed by atoms with Crippen molar-refractivity contribution in [3.8, 4) is 23.0 Å². The molecule has 108 valence electrons. The number of hydrogen-bond donors (Lipinski definition) is 1. The number of ether oxygens (including phenoxy) is 3. The Balaban J connectivity index is 2.09. The highest BCUT2D eigenvalue weighted by Crippen LogP contribution is 2.34. The predicted molar refractivity (Wildman–Crippen MR) is 78.3 cm³/mol. The number of nitrogens with zero attached hydrogens (tertiary/aromatic N) is 1. The van der Waals surface area contributed by atoms with Gasteiger partial charge in [-0.1, -0.05) is 12.1 Å². The lowest BCUT2D eigenvalue weighted by Crippen LogP contribution is -2.04. The molecule has 0 bridgehead atoms. The number of phenolic OH excluding ortho intramolecular Hbond substituents is 1. The summed E-state index contributed by atoms with van der Waals surface area (Å²) in [6.07, 6.45) is 0. The van der Waals surface area contributed by atoms with Crippen LogP contribution in [-0.2, 0) is 4.74 Å². The van der Waals surface area contributed by atoms with Crippen molar-refractivity contribution in [3.63, 3.8) is 0 Å². The van der Waals surface area contributed by atoms with Gasteiger partial charge in [0.25, 0.3) is 0 Å². The van der Waals surface area contributed by atoms with Gasteiger partial charge in [-0.25, -0.2) is 4.85 Å². The van der Waals surface area contributed by atoms with Crippen molar-refractivity contribution in [3.05, 3.63) is 53.9 Å². The second kappa shape index (κ2) is 7.17. The molecule has 0 unspecified atom stereocenters.